The summed E-state index contributed by atoms with van der Waals surface area (Å²) in [5, 5.41) is 14.1. The Morgan fingerprint density at radius 2 is 2.35 bits per heavy atom. The number of pyridine rings is 1. The number of hydrogen-bond donors (Lipinski definition) is 2. The number of aliphatic hydroxyl groups is 1. The van der Waals surface area contributed by atoms with Crippen LogP contribution in [0.2, 0.25) is 0 Å². The molecule has 1 saturated carbocycles. The molecule has 0 radical (unpaired) electrons. The normalized spacial score (nSPS) is 29.2. The van der Waals surface area contributed by atoms with Gasteiger partial charge in [0, 0.05) is 18.7 Å². The van der Waals surface area contributed by atoms with E-state index in [1.54, 1.807) is 6.20 Å². The lowest BCUT2D eigenvalue weighted by Gasteiger charge is -2.39. The van der Waals surface area contributed by atoms with E-state index in [0.717, 1.165) is 37.1 Å². The van der Waals surface area contributed by atoms with Gasteiger partial charge in [0.1, 0.15) is 5.60 Å². The highest BCUT2D eigenvalue weighted by Gasteiger charge is 2.41. The molecule has 1 aromatic rings. The van der Waals surface area contributed by atoms with E-state index in [4.69, 9.17) is 0 Å². The summed E-state index contributed by atoms with van der Waals surface area (Å²) in [5.41, 5.74) is 1.27. The van der Waals surface area contributed by atoms with Gasteiger partial charge in [0.2, 0.25) is 0 Å². The third-order valence-electron chi connectivity index (χ3n) is 3.85. The van der Waals surface area contributed by atoms with Gasteiger partial charge >= 0.3 is 0 Å². The van der Waals surface area contributed by atoms with Gasteiger partial charge in [0.15, 0.2) is 0 Å². The molecule has 1 aromatic heterocycles. The van der Waals surface area contributed by atoms with Gasteiger partial charge in [-0.2, -0.15) is 0 Å². The molecule has 1 heterocycles. The van der Waals surface area contributed by atoms with Crippen LogP contribution in [0, 0.1) is 12.8 Å². The summed E-state index contributed by atoms with van der Waals surface area (Å²) in [5.74, 6) is 0.274. The minimum atomic E-state index is -0.743. The fourth-order valence-electron chi connectivity index (χ4n) is 2.86. The van der Waals surface area contributed by atoms with E-state index >= 15 is 0 Å². The van der Waals surface area contributed by atoms with Crippen molar-refractivity contribution in [2.45, 2.75) is 38.2 Å². The number of nitrogens with zero attached hydrogens (tertiary/aromatic N) is 1. The molecule has 2 unspecified atom stereocenters. The maximum absolute atomic E-state index is 11.0. The lowest BCUT2D eigenvalue weighted by atomic mass is 9.73. The molecule has 3 nitrogen and oxygen atoms in total. The van der Waals surface area contributed by atoms with Crippen molar-refractivity contribution in [3.63, 3.8) is 0 Å². The molecule has 1 fully saturated rings. The third kappa shape index (κ3) is 2.50. The molecule has 1 aliphatic carbocycles. The number of aryl methyl sites for hydroxylation is 1. The van der Waals surface area contributed by atoms with Crippen molar-refractivity contribution >= 4 is 0 Å². The zero-order chi connectivity index (χ0) is 12.3. The predicted molar refractivity (Wildman–Crippen MR) is 68.8 cm³/mol. The summed E-state index contributed by atoms with van der Waals surface area (Å²) < 4.78 is 0. The fourth-order valence-corrected chi connectivity index (χ4v) is 2.86. The van der Waals surface area contributed by atoms with Gasteiger partial charge in [-0.3, -0.25) is 4.98 Å². The SMILES string of the molecule is CNCC1CCCCC1(O)c1cc(C)ccn1. The quantitative estimate of drug-likeness (QED) is 0.840. The maximum atomic E-state index is 11.0. The predicted octanol–water partition coefficient (Wildman–Crippen LogP) is 1.99. The monoisotopic (exact) mass is 234 g/mol. The zero-order valence-electron chi connectivity index (χ0n) is 10.7. The highest BCUT2D eigenvalue weighted by Crippen LogP contribution is 2.40. The molecule has 3 heteroatoms. The summed E-state index contributed by atoms with van der Waals surface area (Å²) in [6.07, 6.45) is 6.00. The molecule has 0 spiro atoms. The molecule has 0 aromatic carbocycles. The second-order valence-electron chi connectivity index (χ2n) is 5.14. The number of hydrogen-bond acceptors (Lipinski definition) is 3. The van der Waals surface area contributed by atoms with Crippen LogP contribution in [0.15, 0.2) is 18.3 Å². The Bertz CT molecular complexity index is 378. The van der Waals surface area contributed by atoms with Crippen LogP contribution < -0.4 is 5.32 Å². The van der Waals surface area contributed by atoms with Crippen LogP contribution >= 0.6 is 0 Å². The molecule has 0 aliphatic heterocycles. The summed E-state index contributed by atoms with van der Waals surface area (Å²) in [4.78, 5) is 4.39. The summed E-state index contributed by atoms with van der Waals surface area (Å²) >= 11 is 0. The first kappa shape index (κ1) is 12.5. The highest BCUT2D eigenvalue weighted by molar-refractivity contribution is 5.21. The molecule has 0 saturated heterocycles. The van der Waals surface area contributed by atoms with Crippen LogP contribution in [-0.2, 0) is 5.60 Å². The average molecular weight is 234 g/mol. The molecular formula is C14H22N2O. The standard InChI is InChI=1S/C14H22N2O/c1-11-6-8-16-13(9-11)14(17)7-4-3-5-12(14)10-15-2/h6,8-9,12,15,17H,3-5,7,10H2,1-2H3. The van der Waals surface area contributed by atoms with Gasteiger partial charge in [-0.25, -0.2) is 0 Å². The summed E-state index contributed by atoms with van der Waals surface area (Å²) in [6, 6.07) is 4.00. The van der Waals surface area contributed by atoms with E-state index in [9.17, 15) is 5.11 Å². The molecule has 0 bridgehead atoms. The molecule has 94 valence electrons. The van der Waals surface area contributed by atoms with Gasteiger partial charge < -0.3 is 10.4 Å². The van der Waals surface area contributed by atoms with E-state index in [2.05, 4.69) is 10.3 Å². The first-order chi connectivity index (χ1) is 8.16. The Hall–Kier alpha value is -0.930. The van der Waals surface area contributed by atoms with Gasteiger partial charge in [-0.1, -0.05) is 12.8 Å². The Morgan fingerprint density at radius 1 is 1.53 bits per heavy atom. The van der Waals surface area contributed by atoms with Gasteiger partial charge in [0.25, 0.3) is 0 Å². The molecule has 0 amide bonds. The Kier molecular flexibility index (Phi) is 3.79. The first-order valence-electron chi connectivity index (χ1n) is 6.47. The van der Waals surface area contributed by atoms with E-state index in [0.29, 0.717) is 0 Å². The molecule has 17 heavy (non-hydrogen) atoms. The van der Waals surface area contributed by atoms with Crippen molar-refractivity contribution in [1.82, 2.24) is 10.3 Å². The van der Waals surface area contributed by atoms with Crippen LogP contribution in [0.1, 0.15) is 36.9 Å². The zero-order valence-corrected chi connectivity index (χ0v) is 10.7. The van der Waals surface area contributed by atoms with Crippen LogP contribution in [0.25, 0.3) is 0 Å². The van der Waals surface area contributed by atoms with Crippen LogP contribution in [-0.4, -0.2) is 23.7 Å². The molecule has 1 aliphatic rings. The molecule has 2 atom stereocenters. The fraction of sp³-hybridized carbons (Fsp3) is 0.643. The van der Waals surface area contributed by atoms with Crippen molar-refractivity contribution in [2.75, 3.05) is 13.6 Å². The highest BCUT2D eigenvalue weighted by atomic mass is 16.3. The second-order valence-corrected chi connectivity index (χ2v) is 5.14. The summed E-state index contributed by atoms with van der Waals surface area (Å²) in [6.45, 7) is 2.90. The topological polar surface area (TPSA) is 45.1 Å². The minimum absolute atomic E-state index is 0.274. The number of aromatic nitrogens is 1. The average Bonchev–Trinajstić information content (AvgIpc) is 2.32. The number of nitrogens with one attached hydrogen (secondary N) is 1. The number of rotatable bonds is 3. The van der Waals surface area contributed by atoms with Crippen molar-refractivity contribution < 1.29 is 5.11 Å². The van der Waals surface area contributed by atoms with Crippen LogP contribution in [0.3, 0.4) is 0 Å². The molecule has 2 N–H and O–H groups in total. The Labute approximate surface area is 103 Å². The Morgan fingerprint density at radius 3 is 3.06 bits per heavy atom. The maximum Gasteiger partial charge on any atom is 0.110 e. The molecular weight excluding hydrogens is 212 g/mol. The minimum Gasteiger partial charge on any atom is -0.383 e. The van der Waals surface area contributed by atoms with Crippen molar-refractivity contribution in [2.24, 2.45) is 5.92 Å². The van der Waals surface area contributed by atoms with E-state index in [1.807, 2.05) is 26.1 Å². The third-order valence-corrected chi connectivity index (χ3v) is 3.85. The van der Waals surface area contributed by atoms with E-state index in [1.165, 1.54) is 6.42 Å². The molecule has 2 rings (SSSR count). The van der Waals surface area contributed by atoms with Crippen LogP contribution in [0.4, 0.5) is 0 Å². The van der Waals surface area contributed by atoms with Gasteiger partial charge in [-0.15, -0.1) is 0 Å². The summed E-state index contributed by atoms with van der Waals surface area (Å²) in [7, 11) is 1.94. The first-order valence-corrected chi connectivity index (χ1v) is 6.47. The largest absolute Gasteiger partial charge is 0.383 e. The van der Waals surface area contributed by atoms with Gasteiger partial charge in [0.05, 0.1) is 5.69 Å². The smallest absolute Gasteiger partial charge is 0.110 e. The van der Waals surface area contributed by atoms with Crippen molar-refractivity contribution in [1.29, 1.82) is 0 Å². The van der Waals surface area contributed by atoms with Crippen molar-refractivity contribution in [3.8, 4) is 0 Å². The second kappa shape index (κ2) is 5.15. The van der Waals surface area contributed by atoms with Gasteiger partial charge in [-0.05, 0) is 44.5 Å². The van der Waals surface area contributed by atoms with E-state index < -0.39 is 5.60 Å². The van der Waals surface area contributed by atoms with E-state index in [-0.39, 0.29) is 5.92 Å². The lowest BCUT2D eigenvalue weighted by Crippen LogP contribution is -2.43. The van der Waals surface area contributed by atoms with Crippen LogP contribution in [0.5, 0.6) is 0 Å². The van der Waals surface area contributed by atoms with Crippen molar-refractivity contribution in [3.05, 3.63) is 29.6 Å². The Balaban J connectivity index is 2.30. The lowest BCUT2D eigenvalue weighted by molar-refractivity contribution is -0.0565.